The Balaban J connectivity index is 1.74. The maximum absolute atomic E-state index is 14.2. The van der Waals surface area contributed by atoms with E-state index in [9.17, 15) is 13.6 Å². The van der Waals surface area contributed by atoms with E-state index in [4.69, 9.17) is 19.0 Å². The van der Waals surface area contributed by atoms with Gasteiger partial charge in [0.05, 0.1) is 6.26 Å². The van der Waals surface area contributed by atoms with Crippen LogP contribution in [0.25, 0.3) is 5.57 Å². The molecule has 2 heterocycles. The number of benzene rings is 1. The molecule has 5 nitrogen and oxygen atoms in total. The number of carbonyl (C=O) groups is 1. The third-order valence-corrected chi connectivity index (χ3v) is 4.23. The highest BCUT2D eigenvalue weighted by atomic mass is 19.2. The van der Waals surface area contributed by atoms with Crippen molar-refractivity contribution in [3.05, 3.63) is 95.2 Å². The normalized spacial score (nSPS) is 18.5. The molecule has 2 aromatic rings. The van der Waals surface area contributed by atoms with E-state index in [1.807, 2.05) is 0 Å². The standard InChI is InChI=1S/C22H18F2O5/c1-13-10-27-11-16(9-19(23)21(24)14(13)2)15-3-5-17(6-4-15)28-12-18-7-8-20(29-18)22(25)26/h3-10H,2,11-12H2,1H3,(H,25,26)/b13-10-,16-9+,21-19?. The Morgan fingerprint density at radius 3 is 2.59 bits per heavy atom. The number of halogens is 2. The molecule has 29 heavy (non-hydrogen) atoms. The number of ether oxygens (including phenoxy) is 2. The largest absolute Gasteiger partial charge is 0.496 e. The van der Waals surface area contributed by atoms with Crippen LogP contribution in [0.4, 0.5) is 8.78 Å². The molecule has 0 fully saturated rings. The van der Waals surface area contributed by atoms with Gasteiger partial charge in [-0.05, 0) is 54.0 Å². The average molecular weight is 400 g/mol. The summed E-state index contributed by atoms with van der Waals surface area (Å²) in [6.45, 7) is 5.22. The van der Waals surface area contributed by atoms with E-state index in [2.05, 4.69) is 6.58 Å². The van der Waals surface area contributed by atoms with E-state index in [-0.39, 0.29) is 24.5 Å². The Bertz CT molecular complexity index is 1030. The van der Waals surface area contributed by atoms with Crippen LogP contribution in [0.2, 0.25) is 0 Å². The Morgan fingerprint density at radius 2 is 1.93 bits per heavy atom. The molecule has 0 unspecified atom stereocenters. The van der Waals surface area contributed by atoms with Gasteiger partial charge in [-0.2, -0.15) is 0 Å². The lowest BCUT2D eigenvalue weighted by Crippen LogP contribution is -1.97. The second-order valence-corrected chi connectivity index (χ2v) is 6.31. The molecule has 0 spiro atoms. The first-order valence-electron chi connectivity index (χ1n) is 8.64. The molecule has 150 valence electrons. The van der Waals surface area contributed by atoms with Crippen LogP contribution in [0.3, 0.4) is 0 Å². The third kappa shape index (κ3) is 4.82. The lowest BCUT2D eigenvalue weighted by molar-refractivity contribution is 0.0658. The van der Waals surface area contributed by atoms with Gasteiger partial charge in [-0.15, -0.1) is 0 Å². The first-order valence-corrected chi connectivity index (χ1v) is 8.64. The number of hydrogen-bond acceptors (Lipinski definition) is 4. The molecular formula is C22H18F2O5. The summed E-state index contributed by atoms with van der Waals surface area (Å²) in [4.78, 5) is 10.8. The zero-order valence-corrected chi connectivity index (χ0v) is 15.6. The first-order chi connectivity index (χ1) is 13.8. The summed E-state index contributed by atoms with van der Waals surface area (Å²) in [7, 11) is 0. The summed E-state index contributed by atoms with van der Waals surface area (Å²) in [5.74, 6) is -2.50. The van der Waals surface area contributed by atoms with Crippen molar-refractivity contribution in [2.75, 3.05) is 6.61 Å². The van der Waals surface area contributed by atoms with Gasteiger partial charge in [0.2, 0.25) is 5.76 Å². The average Bonchev–Trinajstić information content (AvgIpc) is 3.20. The number of hydrogen-bond donors (Lipinski definition) is 1. The van der Waals surface area contributed by atoms with Gasteiger partial charge in [0.25, 0.3) is 0 Å². The Hall–Kier alpha value is -3.61. The van der Waals surface area contributed by atoms with Crippen LogP contribution in [-0.4, -0.2) is 17.7 Å². The Kier molecular flexibility index (Phi) is 5.97. The van der Waals surface area contributed by atoms with Gasteiger partial charge >= 0.3 is 5.97 Å². The molecule has 1 N–H and O–H groups in total. The van der Waals surface area contributed by atoms with Crippen LogP contribution in [0.15, 0.2) is 82.5 Å². The van der Waals surface area contributed by atoms with Crippen LogP contribution in [0.1, 0.15) is 28.8 Å². The summed E-state index contributed by atoms with van der Waals surface area (Å²) in [6, 6.07) is 9.54. The van der Waals surface area contributed by atoms with Gasteiger partial charge in [0, 0.05) is 5.57 Å². The molecule has 1 aliphatic heterocycles. The van der Waals surface area contributed by atoms with E-state index in [0.717, 1.165) is 6.08 Å². The topological polar surface area (TPSA) is 68.9 Å². The quantitative estimate of drug-likeness (QED) is 0.709. The third-order valence-electron chi connectivity index (χ3n) is 4.23. The highest BCUT2D eigenvalue weighted by Gasteiger charge is 2.15. The molecule has 0 radical (unpaired) electrons. The molecule has 0 amide bonds. The Morgan fingerprint density at radius 1 is 1.21 bits per heavy atom. The molecule has 7 heteroatoms. The van der Waals surface area contributed by atoms with Crippen LogP contribution >= 0.6 is 0 Å². The van der Waals surface area contributed by atoms with Gasteiger partial charge in [0.15, 0.2) is 11.7 Å². The van der Waals surface area contributed by atoms with Crippen molar-refractivity contribution in [3.63, 3.8) is 0 Å². The lowest BCUT2D eigenvalue weighted by Gasteiger charge is -2.09. The Labute approximate surface area is 165 Å². The van der Waals surface area contributed by atoms with Gasteiger partial charge in [-0.25, -0.2) is 13.6 Å². The maximum atomic E-state index is 14.2. The molecule has 0 atom stereocenters. The van der Waals surface area contributed by atoms with Crippen molar-refractivity contribution in [1.82, 2.24) is 0 Å². The molecule has 1 aromatic heterocycles. The monoisotopic (exact) mass is 400 g/mol. The molecule has 0 saturated heterocycles. The summed E-state index contributed by atoms with van der Waals surface area (Å²) >= 11 is 0. The van der Waals surface area contributed by atoms with Crippen molar-refractivity contribution in [1.29, 1.82) is 0 Å². The van der Waals surface area contributed by atoms with Gasteiger partial charge < -0.3 is 19.0 Å². The minimum atomic E-state index is -1.16. The van der Waals surface area contributed by atoms with Crippen molar-refractivity contribution in [2.45, 2.75) is 13.5 Å². The predicted molar refractivity (Wildman–Crippen MR) is 103 cm³/mol. The van der Waals surface area contributed by atoms with Crippen molar-refractivity contribution in [3.8, 4) is 5.75 Å². The zero-order valence-electron chi connectivity index (χ0n) is 15.6. The molecule has 3 rings (SSSR count). The summed E-state index contributed by atoms with van der Waals surface area (Å²) < 4.78 is 44.4. The van der Waals surface area contributed by atoms with Crippen LogP contribution < -0.4 is 4.74 Å². The highest BCUT2D eigenvalue weighted by molar-refractivity contribution is 5.84. The molecule has 0 bridgehead atoms. The van der Waals surface area contributed by atoms with E-state index >= 15 is 0 Å². The fourth-order valence-corrected chi connectivity index (χ4v) is 2.56. The minimum Gasteiger partial charge on any atom is -0.496 e. The minimum absolute atomic E-state index is 0.0488. The highest BCUT2D eigenvalue weighted by Crippen LogP contribution is 2.29. The summed E-state index contributed by atoms with van der Waals surface area (Å²) in [6.07, 6.45) is 2.43. The molecule has 0 saturated carbocycles. The van der Waals surface area contributed by atoms with E-state index < -0.39 is 17.6 Å². The number of allylic oxidation sites excluding steroid dienone is 5. The van der Waals surface area contributed by atoms with Gasteiger partial charge in [-0.1, -0.05) is 18.7 Å². The van der Waals surface area contributed by atoms with Crippen LogP contribution in [0, 0.1) is 0 Å². The fraction of sp³-hybridized carbons (Fsp3) is 0.136. The number of carboxylic acid groups (broad SMARTS) is 1. The van der Waals surface area contributed by atoms with E-state index in [0.29, 0.717) is 28.2 Å². The molecule has 1 aliphatic rings. The second-order valence-electron chi connectivity index (χ2n) is 6.31. The number of carboxylic acids is 1. The number of aromatic carboxylic acids is 1. The summed E-state index contributed by atoms with van der Waals surface area (Å²) in [5.41, 5.74) is 1.41. The van der Waals surface area contributed by atoms with Gasteiger partial charge in [0.1, 0.15) is 24.7 Å². The van der Waals surface area contributed by atoms with E-state index in [1.165, 1.54) is 18.4 Å². The van der Waals surface area contributed by atoms with Crippen LogP contribution in [0.5, 0.6) is 5.75 Å². The fourth-order valence-electron chi connectivity index (χ4n) is 2.56. The van der Waals surface area contributed by atoms with E-state index in [1.54, 1.807) is 31.2 Å². The maximum Gasteiger partial charge on any atom is 0.371 e. The summed E-state index contributed by atoms with van der Waals surface area (Å²) in [5, 5.41) is 8.85. The predicted octanol–water partition coefficient (Wildman–Crippen LogP) is 5.58. The smallest absolute Gasteiger partial charge is 0.371 e. The molecule has 0 aliphatic carbocycles. The van der Waals surface area contributed by atoms with Crippen molar-refractivity contribution >= 4 is 11.5 Å². The van der Waals surface area contributed by atoms with Crippen molar-refractivity contribution in [2.24, 2.45) is 0 Å². The molecule has 1 aromatic carbocycles. The number of rotatable bonds is 5. The number of furan rings is 1. The van der Waals surface area contributed by atoms with Gasteiger partial charge in [-0.3, -0.25) is 0 Å². The zero-order chi connectivity index (χ0) is 21.0. The SMILES string of the molecule is C=C1C(F)=C(F)/C=C(/c2ccc(OCc3ccc(C(=O)O)o3)cc2)CO/C=C\1C. The first kappa shape index (κ1) is 20.1. The lowest BCUT2D eigenvalue weighted by atomic mass is 10.0. The van der Waals surface area contributed by atoms with Crippen LogP contribution in [-0.2, 0) is 11.3 Å². The molecular weight excluding hydrogens is 382 g/mol. The van der Waals surface area contributed by atoms with Crippen molar-refractivity contribution < 1.29 is 32.6 Å². The second kappa shape index (κ2) is 8.60.